The van der Waals surface area contributed by atoms with Crippen LogP contribution in [0.4, 0.5) is 0 Å². The van der Waals surface area contributed by atoms with Gasteiger partial charge in [-0.1, -0.05) is 0 Å². The van der Waals surface area contributed by atoms with Crippen molar-refractivity contribution < 1.29 is 18.1 Å². The molecule has 0 unspecified atom stereocenters. The van der Waals surface area contributed by atoms with E-state index in [1.807, 2.05) is 0 Å². The minimum absolute atomic E-state index is 0.548. The molecule has 2 N–H and O–H groups in total. The SMILES string of the molecule is O=C(C=C(O)O)OI. The van der Waals surface area contributed by atoms with Crippen LogP contribution in [0.1, 0.15) is 0 Å². The predicted octanol–water partition coefficient (Wildman–Crippen LogP) is 0.837. The van der Waals surface area contributed by atoms with Gasteiger partial charge in [-0.3, -0.25) is 0 Å². The quantitative estimate of drug-likeness (QED) is 0.397. The first-order valence-corrected chi connectivity index (χ1v) is 2.47. The molecule has 0 heterocycles. The standard InChI is InChI=1S/C3H3IO4/c4-8-3(7)1-2(5)6/h1,5-6H. The lowest BCUT2D eigenvalue weighted by molar-refractivity contribution is -0.126. The third kappa shape index (κ3) is 3.72. The maximum Gasteiger partial charge on any atom is 0.347 e. The van der Waals surface area contributed by atoms with Crippen LogP contribution >= 0.6 is 23.0 Å². The molecule has 0 atom stereocenters. The molecule has 0 radical (unpaired) electrons. The maximum absolute atomic E-state index is 10.00. The van der Waals surface area contributed by atoms with Crippen molar-refractivity contribution >= 4 is 29.0 Å². The summed E-state index contributed by atoms with van der Waals surface area (Å²) in [5.74, 6) is -1.85. The van der Waals surface area contributed by atoms with Crippen LogP contribution < -0.4 is 0 Å². The highest BCUT2D eigenvalue weighted by atomic mass is 127. The second-order valence-electron chi connectivity index (χ2n) is 0.899. The zero-order chi connectivity index (χ0) is 6.57. The molecule has 8 heavy (non-hydrogen) atoms. The van der Waals surface area contributed by atoms with E-state index in [2.05, 4.69) is 3.07 Å². The molecule has 0 aromatic carbocycles. The molecule has 0 amide bonds. The smallest absolute Gasteiger partial charge is 0.347 e. The zero-order valence-electron chi connectivity index (χ0n) is 3.67. The highest BCUT2D eigenvalue weighted by molar-refractivity contribution is 14.1. The largest absolute Gasteiger partial charge is 0.481 e. The summed E-state index contributed by atoms with van der Waals surface area (Å²) in [6.07, 6.45) is 0.548. The number of hydrogen-bond donors (Lipinski definition) is 2. The van der Waals surface area contributed by atoms with Gasteiger partial charge in [0, 0.05) is 0 Å². The molecular weight excluding hydrogens is 227 g/mol. The molecule has 0 saturated carbocycles. The Bertz CT molecular complexity index is 114. The van der Waals surface area contributed by atoms with E-state index < -0.39 is 11.9 Å². The number of carbonyl (C=O) groups excluding carboxylic acids is 1. The van der Waals surface area contributed by atoms with Crippen LogP contribution in [-0.2, 0) is 7.86 Å². The summed E-state index contributed by atoms with van der Waals surface area (Å²) in [6, 6.07) is 0. The van der Waals surface area contributed by atoms with E-state index in [9.17, 15) is 4.79 Å². The fraction of sp³-hybridized carbons (Fsp3) is 0. The van der Waals surface area contributed by atoms with E-state index in [-0.39, 0.29) is 0 Å². The van der Waals surface area contributed by atoms with Gasteiger partial charge in [-0.2, -0.15) is 0 Å². The summed E-state index contributed by atoms with van der Waals surface area (Å²) in [7, 11) is 0. The molecule has 0 saturated heterocycles. The Labute approximate surface area is 59.5 Å². The zero-order valence-corrected chi connectivity index (χ0v) is 5.82. The summed E-state index contributed by atoms with van der Waals surface area (Å²) in [6.45, 7) is 0. The molecule has 4 nitrogen and oxygen atoms in total. The molecule has 0 aliphatic heterocycles. The molecule has 0 fully saturated rings. The van der Waals surface area contributed by atoms with Gasteiger partial charge in [0.2, 0.25) is 0 Å². The second-order valence-corrected chi connectivity index (χ2v) is 1.34. The lowest BCUT2D eigenvalue weighted by Crippen LogP contribution is -1.91. The van der Waals surface area contributed by atoms with E-state index in [4.69, 9.17) is 10.2 Å². The number of aliphatic hydroxyl groups excluding tert-OH is 1. The Kier molecular flexibility index (Phi) is 3.33. The minimum Gasteiger partial charge on any atom is -0.481 e. The van der Waals surface area contributed by atoms with Gasteiger partial charge >= 0.3 is 5.97 Å². The molecule has 0 bridgehead atoms. The van der Waals surface area contributed by atoms with Crippen LogP contribution in [-0.4, -0.2) is 16.2 Å². The molecule has 5 heteroatoms. The van der Waals surface area contributed by atoms with Crippen molar-refractivity contribution in [2.45, 2.75) is 0 Å². The Balaban J connectivity index is 3.70. The van der Waals surface area contributed by atoms with E-state index in [0.29, 0.717) is 6.08 Å². The van der Waals surface area contributed by atoms with Crippen molar-refractivity contribution in [3.8, 4) is 0 Å². The first-order chi connectivity index (χ1) is 3.66. The van der Waals surface area contributed by atoms with Gasteiger partial charge < -0.3 is 13.3 Å². The van der Waals surface area contributed by atoms with Crippen LogP contribution in [0.2, 0.25) is 0 Å². The lowest BCUT2D eigenvalue weighted by atomic mass is 10.6. The van der Waals surface area contributed by atoms with Crippen LogP contribution in [0.3, 0.4) is 0 Å². The van der Waals surface area contributed by atoms with Crippen molar-refractivity contribution in [2.24, 2.45) is 0 Å². The second kappa shape index (κ2) is 3.53. The molecule has 0 aliphatic rings. The Morgan fingerprint density at radius 1 is 1.62 bits per heavy atom. The average molecular weight is 230 g/mol. The minimum atomic E-state index is -1.05. The Hall–Kier alpha value is -0.460. The fourth-order valence-electron chi connectivity index (χ4n) is 0.128. The number of carbonyl (C=O) groups is 1. The van der Waals surface area contributed by atoms with Crippen LogP contribution in [0.5, 0.6) is 0 Å². The molecule has 0 aliphatic carbocycles. The van der Waals surface area contributed by atoms with Crippen molar-refractivity contribution in [3.05, 3.63) is 12.0 Å². The van der Waals surface area contributed by atoms with Gasteiger partial charge in [-0.05, 0) is 0 Å². The van der Waals surface area contributed by atoms with Gasteiger partial charge in [0.15, 0.2) is 23.0 Å². The predicted molar refractivity (Wildman–Crippen MR) is 33.5 cm³/mol. The number of hydrogen-bond acceptors (Lipinski definition) is 4. The van der Waals surface area contributed by atoms with E-state index >= 15 is 0 Å². The van der Waals surface area contributed by atoms with E-state index in [1.54, 1.807) is 0 Å². The van der Waals surface area contributed by atoms with Crippen molar-refractivity contribution in [2.75, 3.05) is 0 Å². The number of rotatable bonds is 1. The van der Waals surface area contributed by atoms with Crippen LogP contribution in [0.15, 0.2) is 12.0 Å². The van der Waals surface area contributed by atoms with Gasteiger partial charge in [0.05, 0.1) is 0 Å². The van der Waals surface area contributed by atoms with Crippen LogP contribution in [0, 0.1) is 0 Å². The van der Waals surface area contributed by atoms with Gasteiger partial charge in [-0.15, -0.1) is 0 Å². The molecular formula is C3H3IO4. The Morgan fingerprint density at radius 2 is 2.12 bits per heavy atom. The highest BCUT2D eigenvalue weighted by Crippen LogP contribution is 1.90. The van der Waals surface area contributed by atoms with Gasteiger partial charge in [-0.25, -0.2) is 4.79 Å². The third-order valence-electron chi connectivity index (χ3n) is 0.323. The lowest BCUT2D eigenvalue weighted by Gasteiger charge is -1.84. The van der Waals surface area contributed by atoms with Crippen molar-refractivity contribution in [3.63, 3.8) is 0 Å². The first kappa shape index (κ1) is 7.54. The van der Waals surface area contributed by atoms with Gasteiger partial charge in [0.25, 0.3) is 5.95 Å². The van der Waals surface area contributed by atoms with Crippen LogP contribution in [0.25, 0.3) is 0 Å². The topological polar surface area (TPSA) is 66.8 Å². The Morgan fingerprint density at radius 3 is 2.25 bits per heavy atom. The summed E-state index contributed by atoms with van der Waals surface area (Å²) in [5.41, 5.74) is 0. The number of aliphatic hydroxyl groups is 2. The van der Waals surface area contributed by atoms with Crippen molar-refractivity contribution in [1.82, 2.24) is 0 Å². The maximum atomic E-state index is 10.00. The normalized spacial score (nSPS) is 7.62. The summed E-state index contributed by atoms with van der Waals surface area (Å²) in [4.78, 5) is 10.00. The summed E-state index contributed by atoms with van der Waals surface area (Å²) < 4.78 is 4.00. The fourth-order valence-corrected chi connectivity index (χ4v) is 0.255. The summed E-state index contributed by atoms with van der Waals surface area (Å²) >= 11 is 1.33. The first-order valence-electron chi connectivity index (χ1n) is 1.59. The molecule has 0 aromatic rings. The summed E-state index contributed by atoms with van der Waals surface area (Å²) in [5, 5.41) is 15.9. The van der Waals surface area contributed by atoms with E-state index in [0.717, 1.165) is 0 Å². The molecule has 0 aromatic heterocycles. The molecule has 0 spiro atoms. The highest BCUT2D eigenvalue weighted by Gasteiger charge is 1.95. The third-order valence-corrected chi connectivity index (χ3v) is 0.757. The van der Waals surface area contributed by atoms with Crippen molar-refractivity contribution in [1.29, 1.82) is 0 Å². The average Bonchev–Trinajstić information content (AvgIpc) is 1.65. The van der Waals surface area contributed by atoms with E-state index in [1.165, 1.54) is 23.0 Å². The molecule has 0 rings (SSSR count). The number of halogens is 1. The molecule has 46 valence electrons. The monoisotopic (exact) mass is 230 g/mol. The van der Waals surface area contributed by atoms with Gasteiger partial charge in [0.1, 0.15) is 6.08 Å².